The zero-order valence-electron chi connectivity index (χ0n) is 61.5. The minimum atomic E-state index is -4.84. The van der Waals surface area contributed by atoms with Crippen LogP contribution in [-0.2, 0) is 79.1 Å². The number of morpholine rings is 1. The van der Waals surface area contributed by atoms with Crippen LogP contribution in [-0.4, -0.2) is 292 Å². The molecule has 6 aromatic carbocycles. The Morgan fingerprint density at radius 3 is 1.10 bits per heavy atom. The van der Waals surface area contributed by atoms with Crippen LogP contribution in [0.25, 0.3) is 0 Å². The molecule has 8 amide bonds. The van der Waals surface area contributed by atoms with Gasteiger partial charge in [0.2, 0.25) is 30.1 Å². The van der Waals surface area contributed by atoms with Crippen LogP contribution in [0.2, 0.25) is 10.0 Å². The van der Waals surface area contributed by atoms with Crippen LogP contribution in [0.1, 0.15) is 0 Å². The number of benzene rings is 6. The predicted molar refractivity (Wildman–Crippen MR) is 396 cm³/mol. The van der Waals surface area contributed by atoms with Crippen LogP contribution in [0.4, 0.5) is 40.7 Å². The third kappa shape index (κ3) is 22.7. The van der Waals surface area contributed by atoms with E-state index in [1.54, 1.807) is 18.2 Å². The molecule has 6 aromatic rings. The molecule has 0 spiro atoms. The lowest BCUT2D eigenvalue weighted by atomic mass is 10.2. The van der Waals surface area contributed by atoms with E-state index in [-0.39, 0.29) is 76.4 Å². The highest BCUT2D eigenvalue weighted by atomic mass is 35.5. The molecule has 5 aliphatic heterocycles. The summed E-state index contributed by atoms with van der Waals surface area (Å²) in [4.78, 5) is 77.2. The van der Waals surface area contributed by atoms with Gasteiger partial charge in [-0.3, -0.25) is 30.0 Å². The largest absolute Gasteiger partial charge is 0.451 e. The summed E-state index contributed by atoms with van der Waals surface area (Å²) < 4.78 is 258. The number of halogens is 8. The number of nitrogens with zero attached hydrogens (tertiary/aromatic N) is 9. The molecule has 644 valence electrons. The maximum atomic E-state index is 14.9. The molecule has 0 bridgehead atoms. The van der Waals surface area contributed by atoms with Crippen LogP contribution in [0, 0.1) is 34.9 Å². The molecule has 52 heteroatoms. The Morgan fingerprint density at radius 2 is 0.754 bits per heavy atom. The number of hydroxylamine groups is 3. The maximum absolute atomic E-state index is 14.9. The zero-order valence-corrected chi connectivity index (χ0v) is 67.1. The molecule has 118 heavy (non-hydrogen) atoms. The first-order chi connectivity index (χ1) is 55.7. The van der Waals surface area contributed by atoms with Crippen molar-refractivity contribution in [2.75, 3.05) is 139 Å². The van der Waals surface area contributed by atoms with Crippen molar-refractivity contribution >= 4 is 110 Å². The molecule has 0 saturated carbocycles. The number of para-hydroxylation sites is 1. The average Bonchev–Trinajstić information content (AvgIpc) is 0.768. The Hall–Kier alpha value is -9.59. The van der Waals surface area contributed by atoms with Gasteiger partial charge < -0.3 is 48.0 Å². The van der Waals surface area contributed by atoms with Gasteiger partial charge in [-0.05, 0) is 104 Å². The van der Waals surface area contributed by atoms with Gasteiger partial charge in [0.15, 0.2) is 52.2 Å². The van der Waals surface area contributed by atoms with Gasteiger partial charge in [-0.15, -0.1) is 0 Å². The number of likely N-dealkylation sites (N-methyl/N-ethyl adjacent to an activating group) is 1. The number of ether oxygens (including phenoxy) is 6. The Labute approximate surface area is 680 Å². The molecule has 39 nitrogen and oxygen atoms in total. The van der Waals surface area contributed by atoms with Crippen molar-refractivity contribution in [2.45, 2.75) is 32.8 Å². The van der Waals surface area contributed by atoms with Crippen LogP contribution in [0.5, 0.6) is 34.5 Å². The summed E-state index contributed by atoms with van der Waals surface area (Å²) >= 11 is 11.6. The van der Waals surface area contributed by atoms with Crippen LogP contribution in [0.3, 0.4) is 0 Å². The number of carbonyl (C=O) groups excluding carboxylic acids is 6. The number of hydrogen-bond donors (Lipinski definition) is 8. The van der Waals surface area contributed by atoms with Crippen LogP contribution >= 0.6 is 23.2 Å². The van der Waals surface area contributed by atoms with Gasteiger partial charge in [-0.25, -0.2) is 91.9 Å². The third-order valence-electron chi connectivity index (χ3n) is 17.9. The molecule has 0 aromatic heterocycles. The van der Waals surface area contributed by atoms with E-state index in [4.69, 9.17) is 56.8 Å². The fraction of sp³-hybridized carbons (Fsp3) is 0.364. The van der Waals surface area contributed by atoms with E-state index < -0.39 is 224 Å². The standard InChI is InChI=1S/C23H27ClF2N6O8S2.C22H24ClF2N5O9S2.C21H23F2N3O8S/c1-29-6-8-30(9-7-29)23(34)28-42(38,39)31-10-11-32(20(14-31)22(33)27-35)41(36,37)17-12-18(25)21(19(26)13-17)40-16-4-2-15(24)3-5-16;23-14-1-3-15(4-2-14)39-20-17(24)11-16(12-18(20)25)40(34,35)30-6-5-29(13-19(30)21(31)26-33)41(36,37)27-22(32)28-7-9-38-10-8-28;1-32-9-10-33-21(28)25-7-8-26(18(13-25)20(27)24-29)35(30,31)15-11-16(22)19(17(23)12-15)34-14-5-3-2-4-6-14/h2-5,12-13,20,35H,6-11,14H2,1H3,(H,27,33)(H,28,34);1-4,11-12,19,33H,5-10,13H2,(H,26,31)(H,27,32);2-6,11-12,18,29H,7-10,13H2,1H3,(H,24,27)/t20-;19-;18-/m111/s1. The molecule has 5 heterocycles. The van der Waals surface area contributed by atoms with E-state index in [1.165, 1.54) is 94.0 Å². The van der Waals surface area contributed by atoms with E-state index in [9.17, 15) is 108 Å². The lowest BCUT2D eigenvalue weighted by molar-refractivity contribution is -0.135. The van der Waals surface area contributed by atoms with E-state index in [0.717, 1.165) is 4.90 Å². The highest BCUT2D eigenvalue weighted by Gasteiger charge is 2.48. The SMILES string of the molecule is CN1CCN(C(=O)NS(=O)(=O)N2CCN(S(=O)(=O)c3cc(F)c(Oc4ccc(Cl)cc4)c(F)c3)[C@@H](C(=O)NO)C2)CC1.COCCOC(=O)N1CCN(S(=O)(=O)c2cc(F)c(Oc3ccccc3)c(F)c2)[C@@H](C(=O)NO)C1.O=C(NO)[C@H]1CN(S(=O)(=O)NC(=O)N2CCOCC2)CCN1S(=O)(=O)c1cc(F)c(Oc2ccc(Cl)cc2)c(F)c1. The van der Waals surface area contributed by atoms with Crippen LogP contribution < -0.4 is 40.1 Å². The van der Waals surface area contributed by atoms with Crippen molar-refractivity contribution in [2.24, 2.45) is 0 Å². The van der Waals surface area contributed by atoms with Gasteiger partial charge in [0.1, 0.15) is 42.0 Å². The fourth-order valence-electron chi connectivity index (χ4n) is 11.7. The topological polar surface area (TPSA) is 478 Å². The first-order valence-corrected chi connectivity index (χ1v) is 42.4. The van der Waals surface area contributed by atoms with Gasteiger partial charge in [0.25, 0.3) is 17.7 Å². The van der Waals surface area contributed by atoms with E-state index in [2.05, 4.69) is 0 Å². The Bertz CT molecular complexity index is 5200. The van der Waals surface area contributed by atoms with Gasteiger partial charge in [0, 0.05) is 115 Å². The van der Waals surface area contributed by atoms with Crippen molar-refractivity contribution in [1.82, 2.24) is 67.0 Å². The lowest BCUT2D eigenvalue weighted by Crippen LogP contribution is -2.63. The number of rotatable bonds is 22. The first-order valence-electron chi connectivity index (χ1n) is 34.5. The lowest BCUT2D eigenvalue weighted by Gasteiger charge is -2.38. The molecular formula is C66H74Cl2F6N14O25S5. The number of carbonyl (C=O) groups is 6. The predicted octanol–water partition coefficient (Wildman–Crippen LogP) is 3.39. The molecule has 5 fully saturated rings. The minimum Gasteiger partial charge on any atom is -0.451 e. The van der Waals surface area contributed by atoms with Crippen molar-refractivity contribution in [3.05, 3.63) is 160 Å². The van der Waals surface area contributed by atoms with Crippen molar-refractivity contribution in [3.63, 3.8) is 0 Å². The molecule has 8 N–H and O–H groups in total. The molecule has 0 radical (unpaired) electrons. The number of urea groups is 2. The smallest absolute Gasteiger partial charge is 0.409 e. The maximum Gasteiger partial charge on any atom is 0.409 e. The number of hydrogen-bond acceptors (Lipinski definition) is 26. The average molecular weight is 1810 g/mol. The highest BCUT2D eigenvalue weighted by Crippen LogP contribution is 2.37. The summed E-state index contributed by atoms with van der Waals surface area (Å²) in [7, 11) is -20.2. The molecular weight excluding hydrogens is 1730 g/mol. The molecule has 3 atom stereocenters. The minimum absolute atomic E-state index is 0.0144. The van der Waals surface area contributed by atoms with Gasteiger partial charge in [0.05, 0.1) is 34.5 Å². The Morgan fingerprint density at radius 1 is 0.432 bits per heavy atom. The summed E-state index contributed by atoms with van der Waals surface area (Å²) in [5.41, 5.74) is 3.89. The van der Waals surface area contributed by atoms with Crippen molar-refractivity contribution in [3.8, 4) is 34.5 Å². The summed E-state index contributed by atoms with van der Waals surface area (Å²) in [5.74, 6) is -14.3. The molecule has 5 aliphatic rings. The number of methoxy groups -OCH3 is 1. The summed E-state index contributed by atoms with van der Waals surface area (Å²) in [6, 6.07) is 14.6. The molecule has 0 unspecified atom stereocenters. The quantitative estimate of drug-likeness (QED) is 0.0209. The fourth-order valence-corrected chi connectivity index (χ4v) is 19.1. The summed E-state index contributed by atoms with van der Waals surface area (Å²) in [6.45, 7) is -2.76. The number of piperazine rings is 4. The van der Waals surface area contributed by atoms with E-state index in [0.29, 0.717) is 81.1 Å². The molecule has 5 saturated heterocycles. The Balaban J connectivity index is 0.000000203. The van der Waals surface area contributed by atoms with E-state index in [1.807, 2.05) is 21.4 Å². The monoisotopic (exact) mass is 1810 g/mol. The summed E-state index contributed by atoms with van der Waals surface area (Å²) in [5, 5.41) is 28.2. The van der Waals surface area contributed by atoms with Gasteiger partial charge >= 0.3 is 38.6 Å². The van der Waals surface area contributed by atoms with Crippen molar-refractivity contribution < 1.29 is 141 Å². The second kappa shape index (κ2) is 40.0. The Kier molecular flexibility index (Phi) is 31.3. The number of sulfonamides is 3. The second-order valence-electron chi connectivity index (χ2n) is 25.5. The van der Waals surface area contributed by atoms with Gasteiger partial charge in [-0.2, -0.15) is 38.4 Å². The normalized spacial score (nSPS) is 18.4. The summed E-state index contributed by atoms with van der Waals surface area (Å²) in [6.07, 6.45) is -0.825. The van der Waals surface area contributed by atoms with E-state index >= 15 is 0 Å². The van der Waals surface area contributed by atoms with Gasteiger partial charge in [-0.1, -0.05) is 41.4 Å². The number of amides is 8. The van der Waals surface area contributed by atoms with Crippen LogP contribution in [0.15, 0.2) is 130 Å². The zero-order chi connectivity index (χ0) is 86.4. The third-order valence-corrected chi connectivity index (χ3v) is 26.9. The number of nitrogens with one attached hydrogen (secondary N) is 5. The van der Waals surface area contributed by atoms with Crippen molar-refractivity contribution in [1.29, 1.82) is 0 Å². The first kappa shape index (κ1) is 92.3. The highest BCUT2D eigenvalue weighted by molar-refractivity contribution is 7.90. The molecule has 0 aliphatic carbocycles. The second-order valence-corrected chi connectivity index (χ2v) is 35.4. The molecule has 11 rings (SSSR count).